The normalized spacial score (nSPS) is 27.9. The number of morpholine rings is 1. The van der Waals surface area contributed by atoms with Crippen molar-refractivity contribution in [3.63, 3.8) is 0 Å². The van der Waals surface area contributed by atoms with E-state index in [1.165, 1.54) is 17.7 Å². The van der Waals surface area contributed by atoms with Crippen LogP contribution in [0.2, 0.25) is 0 Å². The van der Waals surface area contributed by atoms with Crippen molar-refractivity contribution < 1.29 is 9.53 Å². The Morgan fingerprint density at radius 3 is 3.15 bits per heavy atom. The molecule has 0 N–H and O–H groups in total. The van der Waals surface area contributed by atoms with Crippen molar-refractivity contribution in [1.82, 2.24) is 9.80 Å². The minimum atomic E-state index is 0.166. The predicted octanol–water partition coefficient (Wildman–Crippen LogP) is 2.13. The van der Waals surface area contributed by atoms with Crippen molar-refractivity contribution in [3.8, 4) is 0 Å². The number of hydrogen-bond donors (Lipinski definition) is 0. The summed E-state index contributed by atoms with van der Waals surface area (Å²) in [6.45, 7) is 5.76. The van der Waals surface area contributed by atoms with Crippen LogP contribution in [0.25, 0.3) is 0 Å². The van der Waals surface area contributed by atoms with Gasteiger partial charge in [0, 0.05) is 24.0 Å². The Kier molecular flexibility index (Phi) is 4.38. The lowest BCUT2D eigenvalue weighted by molar-refractivity contribution is -0.139. The van der Waals surface area contributed by atoms with Gasteiger partial charge in [-0.05, 0) is 37.8 Å². The zero-order valence-corrected chi connectivity index (χ0v) is 12.8. The second-order valence-electron chi connectivity index (χ2n) is 5.67. The van der Waals surface area contributed by atoms with Crippen molar-refractivity contribution in [3.05, 3.63) is 22.4 Å². The SMILES string of the molecule is C[C@@H]1CN(C(=O)CN2CCC[C@@H]2c2cccs2)CCO1. The van der Waals surface area contributed by atoms with E-state index < -0.39 is 0 Å². The third-order valence-electron chi connectivity index (χ3n) is 4.17. The summed E-state index contributed by atoms with van der Waals surface area (Å²) >= 11 is 1.80. The fourth-order valence-corrected chi connectivity index (χ4v) is 4.03. The second kappa shape index (κ2) is 6.24. The second-order valence-corrected chi connectivity index (χ2v) is 6.64. The first-order valence-electron chi connectivity index (χ1n) is 7.41. The predicted molar refractivity (Wildman–Crippen MR) is 79.9 cm³/mol. The summed E-state index contributed by atoms with van der Waals surface area (Å²) < 4.78 is 5.50. The highest BCUT2D eigenvalue weighted by Crippen LogP contribution is 2.34. The van der Waals surface area contributed by atoms with Gasteiger partial charge in [0.05, 0.1) is 19.3 Å². The number of likely N-dealkylation sites (tertiary alicyclic amines) is 1. The van der Waals surface area contributed by atoms with Crippen LogP contribution in [-0.2, 0) is 9.53 Å². The first-order chi connectivity index (χ1) is 9.74. The molecule has 1 aromatic rings. The van der Waals surface area contributed by atoms with Crippen molar-refractivity contribution in [2.75, 3.05) is 32.8 Å². The van der Waals surface area contributed by atoms with Gasteiger partial charge in [-0.2, -0.15) is 0 Å². The Hall–Kier alpha value is -0.910. The van der Waals surface area contributed by atoms with Gasteiger partial charge >= 0.3 is 0 Å². The molecule has 2 fully saturated rings. The average Bonchev–Trinajstić information content (AvgIpc) is 3.08. The average molecular weight is 294 g/mol. The van der Waals surface area contributed by atoms with Crippen molar-refractivity contribution in [2.45, 2.75) is 31.9 Å². The molecule has 3 rings (SSSR count). The van der Waals surface area contributed by atoms with Gasteiger partial charge in [-0.25, -0.2) is 0 Å². The van der Waals surface area contributed by atoms with Gasteiger partial charge < -0.3 is 9.64 Å². The molecule has 20 heavy (non-hydrogen) atoms. The fraction of sp³-hybridized carbons (Fsp3) is 0.667. The molecule has 0 aliphatic carbocycles. The molecule has 3 heterocycles. The molecule has 0 saturated carbocycles. The van der Waals surface area contributed by atoms with Gasteiger partial charge in [0.2, 0.25) is 5.91 Å². The Balaban J connectivity index is 1.60. The molecule has 1 amide bonds. The number of rotatable bonds is 3. The smallest absolute Gasteiger partial charge is 0.236 e. The van der Waals surface area contributed by atoms with Crippen LogP contribution in [0, 0.1) is 0 Å². The summed E-state index contributed by atoms with van der Waals surface area (Å²) in [6, 6.07) is 4.73. The highest BCUT2D eigenvalue weighted by molar-refractivity contribution is 7.10. The topological polar surface area (TPSA) is 32.8 Å². The summed E-state index contributed by atoms with van der Waals surface area (Å²) in [7, 11) is 0. The van der Waals surface area contributed by atoms with Crippen LogP contribution < -0.4 is 0 Å². The van der Waals surface area contributed by atoms with E-state index >= 15 is 0 Å². The van der Waals surface area contributed by atoms with E-state index in [1.54, 1.807) is 11.3 Å². The molecule has 0 spiro atoms. The van der Waals surface area contributed by atoms with Crippen LogP contribution in [0.5, 0.6) is 0 Å². The molecule has 110 valence electrons. The Morgan fingerprint density at radius 1 is 1.50 bits per heavy atom. The summed E-state index contributed by atoms with van der Waals surface area (Å²) in [5, 5.41) is 2.12. The Morgan fingerprint density at radius 2 is 2.40 bits per heavy atom. The summed E-state index contributed by atoms with van der Waals surface area (Å²) in [5.41, 5.74) is 0. The molecule has 0 aromatic carbocycles. The molecule has 2 atom stereocenters. The van der Waals surface area contributed by atoms with Gasteiger partial charge in [-0.1, -0.05) is 6.07 Å². The van der Waals surface area contributed by atoms with Gasteiger partial charge in [0.15, 0.2) is 0 Å². The first kappa shape index (κ1) is 14.0. The molecule has 2 saturated heterocycles. The molecule has 1 aromatic heterocycles. The lowest BCUT2D eigenvalue weighted by Crippen LogP contribution is -2.48. The van der Waals surface area contributed by atoms with Gasteiger partial charge in [0.25, 0.3) is 0 Å². The quantitative estimate of drug-likeness (QED) is 0.856. The molecular weight excluding hydrogens is 272 g/mol. The highest BCUT2D eigenvalue weighted by Gasteiger charge is 2.30. The monoisotopic (exact) mass is 294 g/mol. The molecule has 2 aliphatic rings. The minimum absolute atomic E-state index is 0.166. The lowest BCUT2D eigenvalue weighted by atomic mass is 10.2. The number of amides is 1. The van der Waals surface area contributed by atoms with Crippen LogP contribution in [0.15, 0.2) is 17.5 Å². The van der Waals surface area contributed by atoms with E-state index in [0.29, 0.717) is 19.2 Å². The molecule has 0 bridgehead atoms. The van der Waals surface area contributed by atoms with E-state index in [-0.39, 0.29) is 12.0 Å². The van der Waals surface area contributed by atoms with Crippen LogP contribution in [0.1, 0.15) is 30.7 Å². The van der Waals surface area contributed by atoms with Gasteiger partial charge in [-0.15, -0.1) is 11.3 Å². The molecule has 4 nitrogen and oxygen atoms in total. The number of ether oxygens (including phenoxy) is 1. The zero-order chi connectivity index (χ0) is 13.9. The van der Waals surface area contributed by atoms with Crippen molar-refractivity contribution in [1.29, 1.82) is 0 Å². The molecule has 0 radical (unpaired) electrons. The van der Waals surface area contributed by atoms with E-state index in [0.717, 1.165) is 19.6 Å². The standard InChI is InChI=1S/C15H22N2O2S/c1-12-10-17(7-8-19-12)15(18)11-16-6-2-4-13(16)14-5-3-9-20-14/h3,5,9,12-13H,2,4,6-8,10-11H2,1H3/t12-,13-/m1/s1. The molecule has 5 heteroatoms. The van der Waals surface area contributed by atoms with Crippen LogP contribution in [-0.4, -0.2) is 54.6 Å². The van der Waals surface area contributed by atoms with E-state index in [2.05, 4.69) is 22.4 Å². The third-order valence-corrected chi connectivity index (χ3v) is 5.14. The number of thiophene rings is 1. The van der Waals surface area contributed by atoms with Crippen molar-refractivity contribution in [2.24, 2.45) is 0 Å². The highest BCUT2D eigenvalue weighted by atomic mass is 32.1. The molecular formula is C15H22N2O2S. The number of carbonyl (C=O) groups is 1. The summed E-state index contributed by atoms with van der Waals surface area (Å²) in [6.07, 6.45) is 2.53. The number of carbonyl (C=O) groups excluding carboxylic acids is 1. The maximum absolute atomic E-state index is 12.4. The van der Waals surface area contributed by atoms with E-state index in [4.69, 9.17) is 4.74 Å². The van der Waals surface area contributed by atoms with E-state index in [1.807, 2.05) is 11.8 Å². The largest absolute Gasteiger partial charge is 0.375 e. The van der Waals surface area contributed by atoms with Gasteiger partial charge in [0.1, 0.15) is 0 Å². The fourth-order valence-electron chi connectivity index (χ4n) is 3.14. The molecule has 0 unspecified atom stereocenters. The summed E-state index contributed by atoms with van der Waals surface area (Å²) in [4.78, 5) is 18.1. The third kappa shape index (κ3) is 3.05. The number of nitrogens with zero attached hydrogens (tertiary/aromatic N) is 2. The molecule has 2 aliphatic heterocycles. The Labute approximate surface area is 124 Å². The van der Waals surface area contributed by atoms with Gasteiger partial charge in [-0.3, -0.25) is 9.69 Å². The van der Waals surface area contributed by atoms with E-state index in [9.17, 15) is 4.79 Å². The zero-order valence-electron chi connectivity index (χ0n) is 12.0. The van der Waals surface area contributed by atoms with Crippen LogP contribution >= 0.6 is 11.3 Å². The lowest BCUT2D eigenvalue weighted by Gasteiger charge is -2.33. The van der Waals surface area contributed by atoms with Crippen molar-refractivity contribution >= 4 is 17.2 Å². The van der Waals surface area contributed by atoms with Crippen LogP contribution in [0.4, 0.5) is 0 Å². The van der Waals surface area contributed by atoms with Crippen LogP contribution in [0.3, 0.4) is 0 Å². The maximum atomic E-state index is 12.4. The minimum Gasteiger partial charge on any atom is -0.375 e. The first-order valence-corrected chi connectivity index (χ1v) is 8.29. The maximum Gasteiger partial charge on any atom is 0.236 e. The summed E-state index contributed by atoms with van der Waals surface area (Å²) in [5.74, 6) is 0.253. The Bertz CT molecular complexity index is 449. The number of hydrogen-bond acceptors (Lipinski definition) is 4.